The first kappa shape index (κ1) is 10.2. The van der Waals surface area contributed by atoms with Crippen LogP contribution in [0.25, 0.3) is 11.6 Å². The van der Waals surface area contributed by atoms with Gasteiger partial charge in [-0.3, -0.25) is 4.79 Å². The largest absolute Gasteiger partial charge is 0.461 e. The molecule has 1 atom stereocenters. The van der Waals surface area contributed by atoms with E-state index in [1.165, 1.54) is 6.26 Å². The minimum atomic E-state index is -0.444. The first-order valence-electron chi connectivity index (χ1n) is 5.32. The first-order chi connectivity index (χ1) is 8.34. The standard InChI is InChI=1S/C11H10N2O4/c14-8-3-5-15-6-7(8)11-12-10(13-17-11)9-2-1-4-16-9/h1-2,4,7H,3,5-6H2. The third-order valence-electron chi connectivity index (χ3n) is 2.65. The summed E-state index contributed by atoms with van der Waals surface area (Å²) in [6, 6.07) is 3.47. The van der Waals surface area contributed by atoms with Crippen LogP contribution in [0.15, 0.2) is 27.3 Å². The second kappa shape index (κ2) is 4.14. The van der Waals surface area contributed by atoms with Crippen LogP contribution in [0, 0.1) is 0 Å². The van der Waals surface area contributed by atoms with Crippen molar-refractivity contribution in [3.8, 4) is 11.6 Å². The first-order valence-corrected chi connectivity index (χ1v) is 5.32. The second-order valence-electron chi connectivity index (χ2n) is 3.78. The number of hydrogen-bond donors (Lipinski definition) is 0. The summed E-state index contributed by atoms with van der Waals surface area (Å²) in [4.78, 5) is 15.8. The highest BCUT2D eigenvalue weighted by molar-refractivity contribution is 5.85. The maximum Gasteiger partial charge on any atom is 0.240 e. The minimum absolute atomic E-state index is 0.0749. The van der Waals surface area contributed by atoms with Crippen molar-refractivity contribution in [2.75, 3.05) is 13.2 Å². The van der Waals surface area contributed by atoms with E-state index in [0.29, 0.717) is 37.1 Å². The lowest BCUT2D eigenvalue weighted by Gasteiger charge is -2.16. The molecule has 0 saturated carbocycles. The highest BCUT2D eigenvalue weighted by Crippen LogP contribution is 2.24. The summed E-state index contributed by atoms with van der Waals surface area (Å²) in [5.41, 5.74) is 0. The fourth-order valence-electron chi connectivity index (χ4n) is 1.73. The maximum atomic E-state index is 11.7. The Morgan fingerprint density at radius 1 is 1.41 bits per heavy atom. The van der Waals surface area contributed by atoms with Crippen LogP contribution in [0.5, 0.6) is 0 Å². The molecule has 1 aliphatic heterocycles. The molecular weight excluding hydrogens is 224 g/mol. The summed E-state index contributed by atoms with van der Waals surface area (Å²) in [5, 5.41) is 3.78. The summed E-state index contributed by atoms with van der Waals surface area (Å²) in [6.07, 6.45) is 1.92. The molecule has 3 rings (SSSR count). The molecule has 0 amide bonds. The van der Waals surface area contributed by atoms with Gasteiger partial charge >= 0.3 is 0 Å². The molecule has 2 aromatic heterocycles. The SMILES string of the molecule is O=C1CCOCC1c1nc(-c2ccco2)no1. The molecule has 1 unspecified atom stereocenters. The molecule has 1 aliphatic rings. The van der Waals surface area contributed by atoms with Crippen molar-refractivity contribution in [1.82, 2.24) is 10.1 Å². The van der Waals surface area contributed by atoms with E-state index >= 15 is 0 Å². The third-order valence-corrected chi connectivity index (χ3v) is 2.65. The monoisotopic (exact) mass is 234 g/mol. The van der Waals surface area contributed by atoms with E-state index in [4.69, 9.17) is 13.7 Å². The normalized spacial score (nSPS) is 20.7. The quantitative estimate of drug-likeness (QED) is 0.781. The minimum Gasteiger partial charge on any atom is -0.461 e. The molecule has 0 aromatic carbocycles. The Kier molecular flexibility index (Phi) is 2.49. The van der Waals surface area contributed by atoms with Gasteiger partial charge in [-0.1, -0.05) is 5.16 Å². The molecule has 2 aromatic rings. The summed E-state index contributed by atoms with van der Waals surface area (Å²) in [5.74, 6) is 0.791. The molecule has 0 radical (unpaired) electrons. The van der Waals surface area contributed by atoms with Gasteiger partial charge in [0, 0.05) is 6.42 Å². The van der Waals surface area contributed by atoms with Crippen molar-refractivity contribution in [3.05, 3.63) is 24.3 Å². The molecule has 17 heavy (non-hydrogen) atoms. The van der Waals surface area contributed by atoms with Crippen LogP contribution in [0.3, 0.4) is 0 Å². The van der Waals surface area contributed by atoms with E-state index in [9.17, 15) is 4.79 Å². The zero-order chi connectivity index (χ0) is 11.7. The summed E-state index contributed by atoms with van der Waals surface area (Å²) in [6.45, 7) is 0.771. The third kappa shape index (κ3) is 1.87. The summed E-state index contributed by atoms with van der Waals surface area (Å²) in [7, 11) is 0. The number of ketones is 1. The van der Waals surface area contributed by atoms with Crippen molar-refractivity contribution < 1.29 is 18.5 Å². The van der Waals surface area contributed by atoms with Gasteiger partial charge in [-0.15, -0.1) is 0 Å². The van der Waals surface area contributed by atoms with Gasteiger partial charge in [0.15, 0.2) is 5.76 Å². The Morgan fingerprint density at radius 3 is 3.12 bits per heavy atom. The number of furan rings is 1. The number of ether oxygens (including phenoxy) is 1. The van der Waals surface area contributed by atoms with Crippen LogP contribution in [0.2, 0.25) is 0 Å². The van der Waals surface area contributed by atoms with Crippen LogP contribution < -0.4 is 0 Å². The average Bonchev–Trinajstić information content (AvgIpc) is 3.00. The Bertz CT molecular complexity index is 517. The van der Waals surface area contributed by atoms with Gasteiger partial charge in [0.1, 0.15) is 11.7 Å². The number of rotatable bonds is 2. The molecule has 3 heterocycles. The smallest absolute Gasteiger partial charge is 0.240 e. The molecule has 1 fully saturated rings. The number of carbonyl (C=O) groups is 1. The highest BCUT2D eigenvalue weighted by atomic mass is 16.5. The molecule has 0 aliphatic carbocycles. The Labute approximate surface area is 96.6 Å². The molecule has 1 saturated heterocycles. The van der Waals surface area contributed by atoms with E-state index in [-0.39, 0.29) is 5.78 Å². The lowest BCUT2D eigenvalue weighted by molar-refractivity contribution is -0.127. The number of hydrogen-bond acceptors (Lipinski definition) is 6. The molecular formula is C11H10N2O4. The lowest BCUT2D eigenvalue weighted by Crippen LogP contribution is -2.25. The van der Waals surface area contributed by atoms with Gasteiger partial charge in [0.05, 0.1) is 19.5 Å². The predicted molar refractivity (Wildman–Crippen MR) is 55.2 cm³/mol. The lowest BCUT2D eigenvalue weighted by atomic mass is 10.0. The Hall–Kier alpha value is -1.95. The number of Topliss-reactive ketones (excluding diaryl/α,β-unsaturated/α-hetero) is 1. The van der Waals surface area contributed by atoms with Crippen LogP contribution >= 0.6 is 0 Å². The van der Waals surface area contributed by atoms with E-state index < -0.39 is 5.92 Å². The van der Waals surface area contributed by atoms with Crippen molar-refractivity contribution >= 4 is 5.78 Å². The van der Waals surface area contributed by atoms with Crippen molar-refractivity contribution in [2.45, 2.75) is 12.3 Å². The van der Waals surface area contributed by atoms with Gasteiger partial charge < -0.3 is 13.7 Å². The van der Waals surface area contributed by atoms with Gasteiger partial charge in [0.2, 0.25) is 11.7 Å². The molecule has 0 bridgehead atoms. The van der Waals surface area contributed by atoms with E-state index in [0.717, 1.165) is 0 Å². The van der Waals surface area contributed by atoms with Gasteiger partial charge in [-0.05, 0) is 12.1 Å². The molecule has 0 spiro atoms. The van der Waals surface area contributed by atoms with Crippen LogP contribution in [-0.4, -0.2) is 29.1 Å². The second-order valence-corrected chi connectivity index (χ2v) is 3.78. The van der Waals surface area contributed by atoms with Crippen molar-refractivity contribution in [1.29, 1.82) is 0 Å². The van der Waals surface area contributed by atoms with Crippen molar-refractivity contribution in [3.63, 3.8) is 0 Å². The predicted octanol–water partition coefficient (Wildman–Crippen LogP) is 1.40. The summed E-state index contributed by atoms with van der Waals surface area (Å²) < 4.78 is 15.5. The fraction of sp³-hybridized carbons (Fsp3) is 0.364. The number of aromatic nitrogens is 2. The molecule has 6 nitrogen and oxygen atoms in total. The van der Waals surface area contributed by atoms with E-state index in [2.05, 4.69) is 10.1 Å². The fourth-order valence-corrected chi connectivity index (χ4v) is 1.73. The summed E-state index contributed by atoms with van der Waals surface area (Å²) >= 11 is 0. The van der Waals surface area contributed by atoms with Gasteiger partial charge in [0.25, 0.3) is 0 Å². The molecule has 88 valence electrons. The Balaban J connectivity index is 1.87. The van der Waals surface area contributed by atoms with Gasteiger partial charge in [-0.2, -0.15) is 4.98 Å². The number of carbonyl (C=O) groups excluding carboxylic acids is 1. The van der Waals surface area contributed by atoms with E-state index in [1.807, 2.05) is 0 Å². The van der Waals surface area contributed by atoms with Crippen molar-refractivity contribution in [2.24, 2.45) is 0 Å². The number of nitrogens with zero attached hydrogens (tertiary/aromatic N) is 2. The van der Waals surface area contributed by atoms with Crippen LogP contribution in [-0.2, 0) is 9.53 Å². The van der Waals surface area contributed by atoms with E-state index in [1.54, 1.807) is 12.1 Å². The molecule has 0 N–H and O–H groups in total. The van der Waals surface area contributed by atoms with Gasteiger partial charge in [-0.25, -0.2) is 0 Å². The average molecular weight is 234 g/mol. The van der Waals surface area contributed by atoms with Crippen LogP contribution in [0.4, 0.5) is 0 Å². The zero-order valence-electron chi connectivity index (χ0n) is 8.96. The highest BCUT2D eigenvalue weighted by Gasteiger charge is 2.30. The van der Waals surface area contributed by atoms with Crippen LogP contribution in [0.1, 0.15) is 18.2 Å². The Morgan fingerprint density at radius 2 is 2.35 bits per heavy atom. The maximum absolute atomic E-state index is 11.7. The topological polar surface area (TPSA) is 78.4 Å². The zero-order valence-corrected chi connectivity index (χ0v) is 8.96. The molecule has 6 heteroatoms.